The van der Waals surface area contributed by atoms with E-state index in [1.54, 1.807) is 4.31 Å². The molecule has 0 atom stereocenters. The summed E-state index contributed by atoms with van der Waals surface area (Å²) in [5, 5.41) is 3.32. The monoisotopic (exact) mass is 264 g/mol. The zero-order valence-electron chi connectivity index (χ0n) is 10.8. The molecule has 0 aromatic rings. The Kier molecular flexibility index (Phi) is 6.40. The van der Waals surface area contributed by atoms with Gasteiger partial charge < -0.3 is 10.1 Å². The Morgan fingerprint density at radius 2 is 2.00 bits per heavy atom. The minimum absolute atomic E-state index is 0.0986. The Morgan fingerprint density at radius 3 is 2.53 bits per heavy atom. The van der Waals surface area contributed by atoms with E-state index in [1.807, 2.05) is 0 Å². The molecule has 6 heteroatoms. The van der Waals surface area contributed by atoms with E-state index >= 15 is 0 Å². The first kappa shape index (κ1) is 14.9. The van der Waals surface area contributed by atoms with E-state index in [-0.39, 0.29) is 12.4 Å². The molecule has 0 radical (unpaired) electrons. The molecule has 0 amide bonds. The van der Waals surface area contributed by atoms with E-state index in [1.165, 1.54) is 7.11 Å². The van der Waals surface area contributed by atoms with Crippen LogP contribution in [0.4, 0.5) is 0 Å². The first-order valence-corrected chi connectivity index (χ1v) is 7.88. The van der Waals surface area contributed by atoms with E-state index in [9.17, 15) is 8.42 Å². The molecule has 0 bridgehead atoms. The third kappa shape index (κ3) is 4.91. The first-order valence-electron chi connectivity index (χ1n) is 6.27. The SMILES string of the molecule is CCNCC1CCN(S(=O)(=O)CCOC)CC1. The van der Waals surface area contributed by atoms with Crippen LogP contribution in [-0.4, -0.2) is 58.4 Å². The van der Waals surface area contributed by atoms with Gasteiger partial charge in [0.05, 0.1) is 12.4 Å². The molecule has 1 saturated heterocycles. The molecule has 1 N–H and O–H groups in total. The smallest absolute Gasteiger partial charge is 0.216 e. The summed E-state index contributed by atoms with van der Waals surface area (Å²) in [5.74, 6) is 0.713. The van der Waals surface area contributed by atoms with Crippen molar-refractivity contribution in [3.05, 3.63) is 0 Å². The Balaban J connectivity index is 2.35. The second-order valence-electron chi connectivity index (χ2n) is 4.46. The molecule has 0 spiro atoms. The highest BCUT2D eigenvalue weighted by molar-refractivity contribution is 7.89. The molecule has 0 unspecified atom stereocenters. The van der Waals surface area contributed by atoms with Crippen LogP contribution in [0.25, 0.3) is 0 Å². The zero-order valence-corrected chi connectivity index (χ0v) is 11.6. The summed E-state index contributed by atoms with van der Waals surface area (Å²) in [6.45, 7) is 5.66. The summed E-state index contributed by atoms with van der Waals surface area (Å²) < 4.78 is 30.2. The second kappa shape index (κ2) is 7.31. The van der Waals surface area contributed by atoms with Crippen LogP contribution in [0.3, 0.4) is 0 Å². The van der Waals surface area contributed by atoms with Gasteiger partial charge in [-0.2, -0.15) is 0 Å². The molecule has 0 aromatic heterocycles. The largest absolute Gasteiger partial charge is 0.384 e. The summed E-state index contributed by atoms with van der Waals surface area (Å²) in [5.41, 5.74) is 0. The van der Waals surface area contributed by atoms with Gasteiger partial charge in [0.15, 0.2) is 0 Å². The van der Waals surface area contributed by atoms with Crippen molar-refractivity contribution in [1.29, 1.82) is 0 Å². The molecule has 1 fully saturated rings. The van der Waals surface area contributed by atoms with Crippen LogP contribution < -0.4 is 5.32 Å². The molecule has 0 saturated carbocycles. The van der Waals surface area contributed by atoms with Crippen LogP contribution in [0.15, 0.2) is 0 Å². The van der Waals surface area contributed by atoms with Gasteiger partial charge in [0.25, 0.3) is 0 Å². The van der Waals surface area contributed by atoms with Crippen molar-refractivity contribution in [2.45, 2.75) is 19.8 Å². The quantitative estimate of drug-likeness (QED) is 0.718. The number of rotatable bonds is 7. The Morgan fingerprint density at radius 1 is 1.35 bits per heavy atom. The minimum atomic E-state index is -3.10. The molecular formula is C11H24N2O3S. The van der Waals surface area contributed by atoms with Crippen LogP contribution in [0, 0.1) is 5.92 Å². The lowest BCUT2D eigenvalue weighted by Crippen LogP contribution is -2.42. The highest BCUT2D eigenvalue weighted by Crippen LogP contribution is 2.19. The molecule has 17 heavy (non-hydrogen) atoms. The van der Waals surface area contributed by atoms with Gasteiger partial charge in [-0.3, -0.25) is 0 Å². The maximum atomic E-state index is 11.9. The van der Waals surface area contributed by atoms with E-state index in [0.29, 0.717) is 19.0 Å². The summed E-state index contributed by atoms with van der Waals surface area (Å²) in [6.07, 6.45) is 1.92. The lowest BCUT2D eigenvalue weighted by atomic mass is 9.98. The van der Waals surface area contributed by atoms with Gasteiger partial charge in [-0.1, -0.05) is 6.92 Å². The maximum Gasteiger partial charge on any atom is 0.216 e. The van der Waals surface area contributed by atoms with E-state index in [4.69, 9.17) is 4.74 Å². The first-order chi connectivity index (χ1) is 8.10. The average Bonchev–Trinajstić information content (AvgIpc) is 2.34. The van der Waals surface area contributed by atoms with Crippen LogP contribution >= 0.6 is 0 Å². The van der Waals surface area contributed by atoms with Crippen molar-refractivity contribution >= 4 is 10.0 Å². The fraction of sp³-hybridized carbons (Fsp3) is 1.00. The van der Waals surface area contributed by atoms with Gasteiger partial charge in [0.1, 0.15) is 0 Å². The van der Waals surface area contributed by atoms with Gasteiger partial charge >= 0.3 is 0 Å². The van der Waals surface area contributed by atoms with Crippen LogP contribution in [0.1, 0.15) is 19.8 Å². The molecule has 0 aliphatic carbocycles. The van der Waals surface area contributed by atoms with Gasteiger partial charge in [-0.25, -0.2) is 12.7 Å². The summed E-state index contributed by atoms with van der Waals surface area (Å²) >= 11 is 0. The molecule has 1 heterocycles. The van der Waals surface area contributed by atoms with Gasteiger partial charge in [0.2, 0.25) is 10.0 Å². The lowest BCUT2D eigenvalue weighted by Gasteiger charge is -2.31. The Bertz CT molecular complexity index is 298. The number of nitrogens with one attached hydrogen (secondary N) is 1. The van der Waals surface area contributed by atoms with E-state index in [2.05, 4.69) is 12.2 Å². The topological polar surface area (TPSA) is 58.6 Å². The number of methoxy groups -OCH3 is 1. The summed E-state index contributed by atoms with van der Waals surface area (Å²) in [4.78, 5) is 0. The standard InChI is InChI=1S/C11H24N2O3S/c1-3-12-10-11-4-6-13(7-5-11)17(14,15)9-8-16-2/h11-12H,3-10H2,1-2H3. The fourth-order valence-corrected chi connectivity index (χ4v) is 3.46. The van der Waals surface area contributed by atoms with Gasteiger partial charge in [-0.15, -0.1) is 0 Å². The third-order valence-electron chi connectivity index (χ3n) is 3.20. The number of nitrogens with zero attached hydrogens (tertiary/aromatic N) is 1. The van der Waals surface area contributed by atoms with E-state index in [0.717, 1.165) is 25.9 Å². The van der Waals surface area contributed by atoms with Gasteiger partial charge in [0, 0.05) is 20.2 Å². The van der Waals surface area contributed by atoms with Crippen molar-refractivity contribution in [3.63, 3.8) is 0 Å². The molecule has 1 aliphatic rings. The van der Waals surface area contributed by atoms with Crippen molar-refractivity contribution in [2.75, 3.05) is 45.6 Å². The highest BCUT2D eigenvalue weighted by atomic mass is 32.2. The molecule has 1 rings (SSSR count). The van der Waals surface area contributed by atoms with Crippen LogP contribution in [-0.2, 0) is 14.8 Å². The molecule has 5 nitrogen and oxygen atoms in total. The molecule has 1 aliphatic heterocycles. The van der Waals surface area contributed by atoms with Crippen molar-refractivity contribution in [1.82, 2.24) is 9.62 Å². The number of hydrogen-bond donors (Lipinski definition) is 1. The Hall–Kier alpha value is -0.170. The summed E-state index contributed by atoms with van der Waals surface area (Å²) in [7, 11) is -1.58. The fourth-order valence-electron chi connectivity index (χ4n) is 2.06. The average molecular weight is 264 g/mol. The molecule has 0 aromatic carbocycles. The highest BCUT2D eigenvalue weighted by Gasteiger charge is 2.27. The normalized spacial score (nSPS) is 19.6. The number of ether oxygens (including phenoxy) is 1. The second-order valence-corrected chi connectivity index (χ2v) is 6.55. The minimum Gasteiger partial charge on any atom is -0.384 e. The van der Waals surface area contributed by atoms with E-state index < -0.39 is 10.0 Å². The number of hydrogen-bond acceptors (Lipinski definition) is 4. The van der Waals surface area contributed by atoms with Crippen molar-refractivity contribution < 1.29 is 13.2 Å². The van der Waals surface area contributed by atoms with Crippen molar-refractivity contribution in [3.8, 4) is 0 Å². The summed E-state index contributed by atoms with van der Waals surface area (Å²) in [6, 6.07) is 0. The molecule has 102 valence electrons. The number of sulfonamides is 1. The third-order valence-corrected chi connectivity index (χ3v) is 5.03. The molecular weight excluding hydrogens is 240 g/mol. The zero-order chi connectivity index (χ0) is 12.7. The van der Waals surface area contributed by atoms with Crippen LogP contribution in [0.5, 0.6) is 0 Å². The Labute approximate surface area is 105 Å². The maximum absolute atomic E-state index is 11.9. The van der Waals surface area contributed by atoms with Crippen LogP contribution in [0.2, 0.25) is 0 Å². The number of piperidine rings is 1. The van der Waals surface area contributed by atoms with Gasteiger partial charge in [-0.05, 0) is 31.8 Å². The predicted octanol–water partition coefficient (Wildman–Crippen LogP) is 0.284. The van der Waals surface area contributed by atoms with Crippen molar-refractivity contribution in [2.24, 2.45) is 5.92 Å². The lowest BCUT2D eigenvalue weighted by molar-refractivity contribution is 0.213. The predicted molar refractivity (Wildman–Crippen MR) is 68.5 cm³/mol.